The maximum atomic E-state index is 5.64. The second kappa shape index (κ2) is 5.88. The van der Waals surface area contributed by atoms with Crippen LogP contribution in [-0.4, -0.2) is 21.9 Å². The predicted octanol–water partition coefficient (Wildman–Crippen LogP) is 1.57. The molecule has 2 rings (SSSR count). The Morgan fingerprint density at radius 3 is 2.89 bits per heavy atom. The molecule has 5 nitrogen and oxygen atoms in total. The van der Waals surface area contributed by atoms with Crippen LogP contribution in [0.4, 0.5) is 0 Å². The SMILES string of the molecule is COc1cc(CSc2ncnn2C)ccc1CN. The molecule has 0 bridgehead atoms. The maximum absolute atomic E-state index is 5.64. The summed E-state index contributed by atoms with van der Waals surface area (Å²) in [5.74, 6) is 1.67. The van der Waals surface area contributed by atoms with E-state index in [0.717, 1.165) is 22.2 Å². The molecule has 0 fully saturated rings. The number of aryl methyl sites for hydroxylation is 1. The van der Waals surface area contributed by atoms with Gasteiger partial charge in [0.25, 0.3) is 0 Å². The lowest BCUT2D eigenvalue weighted by atomic mass is 10.1. The Labute approximate surface area is 110 Å². The van der Waals surface area contributed by atoms with E-state index in [1.165, 1.54) is 5.56 Å². The van der Waals surface area contributed by atoms with Gasteiger partial charge in [-0.05, 0) is 11.6 Å². The fourth-order valence-electron chi connectivity index (χ4n) is 1.61. The zero-order valence-electron chi connectivity index (χ0n) is 10.5. The number of benzene rings is 1. The van der Waals surface area contributed by atoms with Crippen molar-refractivity contribution >= 4 is 11.8 Å². The van der Waals surface area contributed by atoms with Gasteiger partial charge < -0.3 is 10.5 Å². The van der Waals surface area contributed by atoms with Gasteiger partial charge in [-0.15, -0.1) is 0 Å². The summed E-state index contributed by atoms with van der Waals surface area (Å²) in [4.78, 5) is 4.17. The zero-order valence-corrected chi connectivity index (χ0v) is 11.3. The summed E-state index contributed by atoms with van der Waals surface area (Å²) in [6.45, 7) is 0.486. The average Bonchev–Trinajstić information content (AvgIpc) is 2.81. The first-order valence-corrected chi connectivity index (χ1v) is 6.55. The summed E-state index contributed by atoms with van der Waals surface area (Å²) in [5, 5.41) is 4.93. The van der Waals surface area contributed by atoms with E-state index in [-0.39, 0.29) is 0 Å². The molecule has 0 radical (unpaired) electrons. The normalized spacial score (nSPS) is 10.6. The highest BCUT2D eigenvalue weighted by Crippen LogP contribution is 2.25. The Bertz CT molecular complexity index is 527. The van der Waals surface area contributed by atoms with Crippen molar-refractivity contribution in [2.24, 2.45) is 12.8 Å². The molecule has 0 aliphatic heterocycles. The number of nitrogens with two attached hydrogens (primary N) is 1. The highest BCUT2D eigenvalue weighted by molar-refractivity contribution is 7.98. The van der Waals surface area contributed by atoms with Crippen molar-refractivity contribution in [3.05, 3.63) is 35.7 Å². The summed E-state index contributed by atoms with van der Waals surface area (Å²) < 4.78 is 7.08. The van der Waals surface area contributed by atoms with Gasteiger partial charge >= 0.3 is 0 Å². The van der Waals surface area contributed by atoms with Crippen molar-refractivity contribution in [3.63, 3.8) is 0 Å². The van der Waals surface area contributed by atoms with E-state index in [0.29, 0.717) is 6.54 Å². The van der Waals surface area contributed by atoms with E-state index in [4.69, 9.17) is 10.5 Å². The van der Waals surface area contributed by atoms with Gasteiger partial charge in [-0.3, -0.25) is 0 Å². The molecule has 1 aromatic carbocycles. The average molecular weight is 264 g/mol. The molecule has 1 heterocycles. The third-order valence-electron chi connectivity index (χ3n) is 2.61. The van der Waals surface area contributed by atoms with Crippen molar-refractivity contribution in [2.75, 3.05) is 7.11 Å². The fraction of sp³-hybridized carbons (Fsp3) is 0.333. The number of methoxy groups -OCH3 is 1. The van der Waals surface area contributed by atoms with Crippen LogP contribution in [0.25, 0.3) is 0 Å². The van der Waals surface area contributed by atoms with Crippen LogP contribution in [0.15, 0.2) is 29.7 Å². The molecular formula is C12H16N4OS. The van der Waals surface area contributed by atoms with Gasteiger partial charge in [0, 0.05) is 24.9 Å². The molecule has 6 heteroatoms. The van der Waals surface area contributed by atoms with Gasteiger partial charge in [-0.25, -0.2) is 9.67 Å². The summed E-state index contributed by atoms with van der Waals surface area (Å²) in [5.41, 5.74) is 7.84. The summed E-state index contributed by atoms with van der Waals surface area (Å²) in [7, 11) is 3.54. The van der Waals surface area contributed by atoms with Gasteiger partial charge in [-0.2, -0.15) is 5.10 Å². The quantitative estimate of drug-likeness (QED) is 0.830. The van der Waals surface area contributed by atoms with E-state index >= 15 is 0 Å². The highest BCUT2D eigenvalue weighted by Gasteiger charge is 2.05. The van der Waals surface area contributed by atoms with E-state index in [1.54, 1.807) is 29.9 Å². The van der Waals surface area contributed by atoms with Gasteiger partial charge in [0.05, 0.1) is 7.11 Å². The number of thioether (sulfide) groups is 1. The van der Waals surface area contributed by atoms with Crippen molar-refractivity contribution in [1.29, 1.82) is 0 Å². The third kappa shape index (κ3) is 2.83. The molecular weight excluding hydrogens is 248 g/mol. The molecule has 0 atom stereocenters. The second-order valence-corrected chi connectivity index (χ2v) is 4.75. The van der Waals surface area contributed by atoms with E-state index in [9.17, 15) is 0 Å². The molecule has 0 saturated heterocycles. The largest absolute Gasteiger partial charge is 0.496 e. The lowest BCUT2D eigenvalue weighted by Gasteiger charge is -2.08. The molecule has 0 saturated carbocycles. The molecule has 0 unspecified atom stereocenters. The van der Waals surface area contributed by atoms with Gasteiger partial charge in [-0.1, -0.05) is 23.9 Å². The van der Waals surface area contributed by atoms with E-state index < -0.39 is 0 Å². The topological polar surface area (TPSA) is 66.0 Å². The molecule has 1 aromatic heterocycles. The molecule has 0 amide bonds. The van der Waals surface area contributed by atoms with E-state index in [1.807, 2.05) is 19.2 Å². The Morgan fingerprint density at radius 1 is 1.44 bits per heavy atom. The monoisotopic (exact) mass is 264 g/mol. The van der Waals surface area contributed by atoms with Crippen LogP contribution >= 0.6 is 11.8 Å². The fourth-order valence-corrected chi connectivity index (χ4v) is 2.44. The number of nitrogens with zero attached hydrogens (tertiary/aromatic N) is 3. The van der Waals surface area contributed by atoms with Gasteiger partial charge in [0.15, 0.2) is 5.16 Å². The van der Waals surface area contributed by atoms with Crippen LogP contribution in [0.2, 0.25) is 0 Å². The highest BCUT2D eigenvalue weighted by atomic mass is 32.2. The minimum atomic E-state index is 0.486. The predicted molar refractivity (Wildman–Crippen MR) is 71.4 cm³/mol. The molecule has 2 aromatic rings. The standard InChI is InChI=1S/C12H16N4OS/c1-16-12(14-8-15-16)18-7-9-3-4-10(6-13)11(5-9)17-2/h3-5,8H,6-7,13H2,1-2H3. The first-order chi connectivity index (χ1) is 8.74. The number of ether oxygens (including phenoxy) is 1. The summed E-state index contributed by atoms with van der Waals surface area (Å²) in [6.07, 6.45) is 1.56. The van der Waals surface area contributed by atoms with Gasteiger partial charge in [0.2, 0.25) is 0 Å². The summed E-state index contributed by atoms with van der Waals surface area (Å²) >= 11 is 1.64. The lowest BCUT2D eigenvalue weighted by Crippen LogP contribution is -2.00. The number of rotatable bonds is 5. The molecule has 0 aliphatic rings. The van der Waals surface area contributed by atoms with Crippen LogP contribution in [0.5, 0.6) is 5.75 Å². The lowest BCUT2D eigenvalue weighted by molar-refractivity contribution is 0.409. The van der Waals surface area contributed by atoms with Crippen molar-refractivity contribution in [1.82, 2.24) is 14.8 Å². The first-order valence-electron chi connectivity index (χ1n) is 5.57. The smallest absolute Gasteiger partial charge is 0.186 e. The minimum absolute atomic E-state index is 0.486. The zero-order chi connectivity index (χ0) is 13.0. The third-order valence-corrected chi connectivity index (χ3v) is 3.71. The van der Waals surface area contributed by atoms with E-state index in [2.05, 4.69) is 16.1 Å². The van der Waals surface area contributed by atoms with Crippen LogP contribution in [0.3, 0.4) is 0 Å². The Kier molecular flexibility index (Phi) is 4.22. The second-order valence-electron chi connectivity index (χ2n) is 3.81. The van der Waals surface area contributed by atoms with Crippen LogP contribution in [-0.2, 0) is 19.3 Å². The molecule has 18 heavy (non-hydrogen) atoms. The Hall–Kier alpha value is -1.53. The van der Waals surface area contributed by atoms with Gasteiger partial charge in [0.1, 0.15) is 12.1 Å². The number of hydrogen-bond acceptors (Lipinski definition) is 5. The van der Waals surface area contributed by atoms with Crippen molar-refractivity contribution in [2.45, 2.75) is 17.5 Å². The van der Waals surface area contributed by atoms with Crippen LogP contribution in [0.1, 0.15) is 11.1 Å². The van der Waals surface area contributed by atoms with Crippen molar-refractivity contribution < 1.29 is 4.74 Å². The number of hydrogen-bond donors (Lipinski definition) is 1. The van der Waals surface area contributed by atoms with Crippen LogP contribution < -0.4 is 10.5 Å². The summed E-state index contributed by atoms with van der Waals surface area (Å²) in [6, 6.07) is 6.09. The Morgan fingerprint density at radius 2 is 2.28 bits per heavy atom. The minimum Gasteiger partial charge on any atom is -0.496 e. The first kappa shape index (κ1) is 12.9. The molecule has 0 aliphatic carbocycles. The molecule has 0 spiro atoms. The number of aromatic nitrogens is 3. The molecule has 96 valence electrons. The Balaban J connectivity index is 2.08. The maximum Gasteiger partial charge on any atom is 0.186 e. The molecule has 2 N–H and O–H groups in total. The van der Waals surface area contributed by atoms with Crippen LogP contribution in [0, 0.1) is 0 Å². The van der Waals surface area contributed by atoms with Crippen molar-refractivity contribution in [3.8, 4) is 5.75 Å².